The molecule has 1 heterocycles. The van der Waals surface area contributed by atoms with Crippen LogP contribution in [0.4, 0.5) is 4.79 Å². The summed E-state index contributed by atoms with van der Waals surface area (Å²) in [5.74, 6) is 0. The predicted molar refractivity (Wildman–Crippen MR) is 109 cm³/mol. The fourth-order valence-corrected chi connectivity index (χ4v) is 3.56. The lowest BCUT2D eigenvalue weighted by Gasteiger charge is -2.42. The van der Waals surface area contributed by atoms with E-state index in [-0.39, 0.29) is 12.1 Å². The zero-order valence-electron chi connectivity index (χ0n) is 16.7. The van der Waals surface area contributed by atoms with Crippen molar-refractivity contribution in [2.75, 3.05) is 19.6 Å². The zero-order valence-corrected chi connectivity index (χ0v) is 16.7. The van der Waals surface area contributed by atoms with Gasteiger partial charge in [0.1, 0.15) is 11.6 Å². The molecule has 2 aromatic rings. The molecule has 3 rings (SSSR count). The molecule has 1 aliphatic heterocycles. The summed E-state index contributed by atoms with van der Waals surface area (Å²) >= 11 is 0. The van der Waals surface area contributed by atoms with Gasteiger partial charge >= 0.3 is 6.09 Å². The fourth-order valence-electron chi connectivity index (χ4n) is 3.56. The molecule has 0 saturated carbocycles. The highest BCUT2D eigenvalue weighted by Crippen LogP contribution is 2.32. The number of hydrogen-bond acceptors (Lipinski definition) is 4. The Hall–Kier alpha value is -2.84. The molecule has 0 spiro atoms. The van der Waals surface area contributed by atoms with Gasteiger partial charge in [-0.3, -0.25) is 4.90 Å². The minimum absolute atomic E-state index is 0.0344. The summed E-state index contributed by atoms with van der Waals surface area (Å²) in [5.41, 5.74) is 1.73. The number of hydrogen-bond donors (Lipinski definition) is 0. The molecule has 1 aliphatic rings. The van der Waals surface area contributed by atoms with Gasteiger partial charge in [0, 0.05) is 13.1 Å². The first-order valence-corrected chi connectivity index (χ1v) is 9.62. The van der Waals surface area contributed by atoms with Crippen molar-refractivity contribution in [3.05, 3.63) is 71.8 Å². The topological polar surface area (TPSA) is 56.6 Å². The lowest BCUT2D eigenvalue weighted by molar-refractivity contribution is 0.00540. The van der Waals surface area contributed by atoms with Gasteiger partial charge < -0.3 is 9.64 Å². The number of rotatable bonds is 3. The highest BCUT2D eigenvalue weighted by atomic mass is 16.6. The molecule has 1 saturated heterocycles. The van der Waals surface area contributed by atoms with Gasteiger partial charge in [0.25, 0.3) is 0 Å². The van der Waals surface area contributed by atoms with Crippen LogP contribution < -0.4 is 0 Å². The number of carbonyl (C=O) groups excluding carboxylic acids is 1. The molecule has 1 amide bonds. The Morgan fingerprint density at radius 2 is 1.57 bits per heavy atom. The van der Waals surface area contributed by atoms with E-state index >= 15 is 0 Å². The average molecular weight is 377 g/mol. The van der Waals surface area contributed by atoms with E-state index in [1.54, 1.807) is 4.90 Å². The lowest BCUT2D eigenvalue weighted by atomic mass is 9.95. The van der Waals surface area contributed by atoms with Crippen molar-refractivity contribution in [3.8, 4) is 6.07 Å². The summed E-state index contributed by atoms with van der Waals surface area (Å²) in [7, 11) is 0. The third-order valence-corrected chi connectivity index (χ3v) is 4.78. The Labute approximate surface area is 167 Å². The van der Waals surface area contributed by atoms with Gasteiger partial charge in [-0.2, -0.15) is 5.26 Å². The smallest absolute Gasteiger partial charge is 0.410 e. The minimum atomic E-state index is -0.549. The van der Waals surface area contributed by atoms with Gasteiger partial charge in [0.05, 0.1) is 18.7 Å². The Morgan fingerprint density at radius 3 is 2.04 bits per heavy atom. The van der Waals surface area contributed by atoms with Crippen LogP contribution in [-0.2, 0) is 4.74 Å². The lowest BCUT2D eigenvalue weighted by Crippen LogP contribution is -2.56. The fraction of sp³-hybridized carbons (Fsp3) is 0.391. The molecule has 5 heteroatoms. The highest BCUT2D eigenvalue weighted by molar-refractivity contribution is 5.68. The van der Waals surface area contributed by atoms with Crippen molar-refractivity contribution in [2.45, 2.75) is 38.5 Å². The monoisotopic (exact) mass is 377 g/mol. The molecule has 1 unspecified atom stereocenters. The summed E-state index contributed by atoms with van der Waals surface area (Å²) in [6.45, 7) is 7.02. The Bertz CT molecular complexity index is 785. The number of benzene rings is 2. The van der Waals surface area contributed by atoms with Crippen LogP contribution in [0, 0.1) is 11.3 Å². The normalized spacial score (nSPS) is 18.0. The SMILES string of the molecule is CC(C)(C)OC(=O)N1CCN(C(c2ccccc2)c2ccccc2)C(C#N)C1. The van der Waals surface area contributed by atoms with Crippen LogP contribution in [0.5, 0.6) is 0 Å². The van der Waals surface area contributed by atoms with Crippen LogP contribution in [0.25, 0.3) is 0 Å². The molecular formula is C23H27N3O2. The molecule has 1 fully saturated rings. The molecular weight excluding hydrogens is 350 g/mol. The third-order valence-electron chi connectivity index (χ3n) is 4.78. The van der Waals surface area contributed by atoms with Crippen molar-refractivity contribution in [2.24, 2.45) is 0 Å². The first-order valence-electron chi connectivity index (χ1n) is 9.62. The van der Waals surface area contributed by atoms with Crippen molar-refractivity contribution >= 4 is 6.09 Å². The third kappa shape index (κ3) is 4.71. The molecule has 28 heavy (non-hydrogen) atoms. The summed E-state index contributed by atoms with van der Waals surface area (Å²) in [4.78, 5) is 16.3. The summed E-state index contributed by atoms with van der Waals surface area (Å²) in [6.07, 6.45) is -0.358. The van der Waals surface area contributed by atoms with Gasteiger partial charge in [-0.05, 0) is 31.9 Å². The minimum Gasteiger partial charge on any atom is -0.444 e. The molecule has 0 aromatic heterocycles. The standard InChI is InChI=1S/C23H27N3O2/c1-23(2,3)28-22(27)25-14-15-26(20(16-24)17-25)21(18-10-6-4-7-11-18)19-12-8-5-9-13-19/h4-13,20-21H,14-15,17H2,1-3H3. The van der Waals surface area contributed by atoms with Gasteiger partial charge in [0.2, 0.25) is 0 Å². The number of ether oxygens (including phenoxy) is 1. The predicted octanol–water partition coefficient (Wildman–Crippen LogP) is 4.22. The van der Waals surface area contributed by atoms with E-state index in [0.29, 0.717) is 19.6 Å². The van der Waals surface area contributed by atoms with E-state index in [0.717, 1.165) is 11.1 Å². The summed E-state index contributed by atoms with van der Waals surface area (Å²) in [6, 6.07) is 22.4. The molecule has 1 atom stereocenters. The second kappa shape index (κ2) is 8.45. The van der Waals surface area contributed by atoms with Crippen molar-refractivity contribution in [3.63, 3.8) is 0 Å². The molecule has 0 aliphatic carbocycles. The quantitative estimate of drug-likeness (QED) is 0.804. The summed E-state index contributed by atoms with van der Waals surface area (Å²) < 4.78 is 5.49. The summed E-state index contributed by atoms with van der Waals surface area (Å²) in [5, 5.41) is 9.87. The first kappa shape index (κ1) is 19.9. The zero-order chi connectivity index (χ0) is 20.1. The van der Waals surface area contributed by atoms with E-state index in [9.17, 15) is 10.1 Å². The molecule has 5 nitrogen and oxygen atoms in total. The van der Waals surface area contributed by atoms with Crippen molar-refractivity contribution in [1.29, 1.82) is 5.26 Å². The van der Waals surface area contributed by atoms with Crippen molar-refractivity contribution in [1.82, 2.24) is 9.80 Å². The van der Waals surface area contributed by atoms with E-state index < -0.39 is 11.6 Å². The van der Waals surface area contributed by atoms with Gasteiger partial charge in [-0.1, -0.05) is 60.7 Å². The molecule has 0 radical (unpaired) electrons. The van der Waals surface area contributed by atoms with E-state index in [4.69, 9.17) is 4.74 Å². The molecule has 0 N–H and O–H groups in total. The first-order chi connectivity index (χ1) is 13.4. The number of nitrogens with zero attached hydrogens (tertiary/aromatic N) is 3. The molecule has 2 aromatic carbocycles. The van der Waals surface area contributed by atoms with Gasteiger partial charge in [-0.15, -0.1) is 0 Å². The number of nitriles is 1. The second-order valence-electron chi connectivity index (χ2n) is 8.03. The maximum Gasteiger partial charge on any atom is 0.410 e. The maximum atomic E-state index is 12.5. The van der Waals surface area contributed by atoms with E-state index in [2.05, 4.69) is 35.2 Å². The van der Waals surface area contributed by atoms with Crippen LogP contribution in [-0.4, -0.2) is 47.2 Å². The average Bonchev–Trinajstić information content (AvgIpc) is 2.69. The molecule has 146 valence electrons. The molecule has 0 bridgehead atoms. The second-order valence-corrected chi connectivity index (χ2v) is 8.03. The number of piperazine rings is 1. The maximum absolute atomic E-state index is 12.5. The van der Waals surface area contributed by atoms with Crippen LogP contribution in [0.15, 0.2) is 60.7 Å². The largest absolute Gasteiger partial charge is 0.444 e. The van der Waals surface area contributed by atoms with Gasteiger partial charge in [0.15, 0.2) is 0 Å². The Morgan fingerprint density at radius 1 is 1.04 bits per heavy atom. The van der Waals surface area contributed by atoms with Crippen LogP contribution in [0.3, 0.4) is 0 Å². The van der Waals surface area contributed by atoms with Crippen LogP contribution in [0.2, 0.25) is 0 Å². The Balaban J connectivity index is 1.86. The van der Waals surface area contributed by atoms with Crippen LogP contribution >= 0.6 is 0 Å². The van der Waals surface area contributed by atoms with Gasteiger partial charge in [-0.25, -0.2) is 4.79 Å². The van der Waals surface area contributed by atoms with Crippen LogP contribution in [0.1, 0.15) is 37.9 Å². The van der Waals surface area contributed by atoms with Crippen molar-refractivity contribution < 1.29 is 9.53 Å². The number of carbonyl (C=O) groups is 1. The van der Waals surface area contributed by atoms with E-state index in [1.165, 1.54) is 0 Å². The van der Waals surface area contributed by atoms with E-state index in [1.807, 2.05) is 57.2 Å². The Kier molecular flexibility index (Phi) is 6.01. The highest BCUT2D eigenvalue weighted by Gasteiger charge is 2.36. The number of amides is 1.